The molecule has 1 aliphatic heterocycles. The Bertz CT molecular complexity index is 450. The van der Waals surface area contributed by atoms with Crippen LogP contribution in [-0.4, -0.2) is 35.2 Å². The zero-order valence-electron chi connectivity index (χ0n) is 12.9. The number of carbonyl (C=O) groups is 1. The molecule has 0 saturated carbocycles. The van der Waals surface area contributed by atoms with Crippen LogP contribution in [-0.2, 0) is 6.42 Å². The van der Waals surface area contributed by atoms with Gasteiger partial charge in [-0.15, -0.1) is 0 Å². The van der Waals surface area contributed by atoms with Gasteiger partial charge in [-0.05, 0) is 46.0 Å². The van der Waals surface area contributed by atoms with Gasteiger partial charge in [0.15, 0.2) is 0 Å². The van der Waals surface area contributed by atoms with Crippen molar-refractivity contribution in [2.75, 3.05) is 13.1 Å². The average Bonchev–Trinajstić information content (AvgIpc) is 2.70. The number of rotatable bonds is 3. The number of nitrogens with zero attached hydrogens (tertiary/aromatic N) is 2. The highest BCUT2D eigenvalue weighted by molar-refractivity contribution is 5.74. The molecule has 2 unspecified atom stereocenters. The van der Waals surface area contributed by atoms with Gasteiger partial charge in [0.1, 0.15) is 5.76 Å². The molecule has 1 aromatic rings. The second-order valence-electron chi connectivity index (χ2n) is 5.96. The van der Waals surface area contributed by atoms with E-state index in [1.807, 2.05) is 18.7 Å². The molecule has 1 N–H and O–H groups in total. The second-order valence-corrected chi connectivity index (χ2v) is 5.96. The fraction of sp³-hybridized carbons (Fsp3) is 0.733. The highest BCUT2D eigenvalue weighted by Crippen LogP contribution is 2.21. The SMILES string of the molecule is Cc1noc(C)c1CCNC(=O)N1CCC(C)CC1C. The van der Waals surface area contributed by atoms with Crippen molar-refractivity contribution < 1.29 is 9.32 Å². The Morgan fingerprint density at radius 3 is 2.80 bits per heavy atom. The molecule has 1 aromatic heterocycles. The van der Waals surface area contributed by atoms with Gasteiger partial charge in [-0.1, -0.05) is 12.1 Å². The summed E-state index contributed by atoms with van der Waals surface area (Å²) in [6.07, 6.45) is 2.96. The smallest absolute Gasteiger partial charge is 0.317 e. The van der Waals surface area contributed by atoms with E-state index in [1.165, 1.54) is 0 Å². The lowest BCUT2D eigenvalue weighted by Gasteiger charge is -2.36. The number of aryl methyl sites for hydroxylation is 2. The van der Waals surface area contributed by atoms with Crippen molar-refractivity contribution in [1.82, 2.24) is 15.4 Å². The molecule has 2 rings (SSSR count). The van der Waals surface area contributed by atoms with E-state index in [0.29, 0.717) is 12.6 Å². The molecule has 1 saturated heterocycles. The van der Waals surface area contributed by atoms with E-state index in [2.05, 4.69) is 24.3 Å². The van der Waals surface area contributed by atoms with Crippen LogP contribution in [0.3, 0.4) is 0 Å². The largest absolute Gasteiger partial charge is 0.361 e. The number of piperidine rings is 1. The Labute approximate surface area is 120 Å². The van der Waals surface area contributed by atoms with Gasteiger partial charge in [-0.3, -0.25) is 0 Å². The molecule has 2 amide bonds. The highest BCUT2D eigenvalue weighted by Gasteiger charge is 2.26. The lowest BCUT2D eigenvalue weighted by Crippen LogP contribution is -2.49. The summed E-state index contributed by atoms with van der Waals surface area (Å²) >= 11 is 0. The van der Waals surface area contributed by atoms with E-state index >= 15 is 0 Å². The molecule has 20 heavy (non-hydrogen) atoms. The lowest BCUT2D eigenvalue weighted by molar-refractivity contribution is 0.140. The number of hydrogen-bond acceptors (Lipinski definition) is 3. The van der Waals surface area contributed by atoms with E-state index < -0.39 is 0 Å². The number of likely N-dealkylation sites (tertiary alicyclic amines) is 1. The van der Waals surface area contributed by atoms with E-state index in [0.717, 1.165) is 48.7 Å². The van der Waals surface area contributed by atoms with Gasteiger partial charge in [-0.2, -0.15) is 0 Å². The molecule has 0 aromatic carbocycles. The van der Waals surface area contributed by atoms with Crippen LogP contribution in [0.25, 0.3) is 0 Å². The molecule has 1 aliphatic rings. The normalized spacial score (nSPS) is 22.9. The molecule has 2 heterocycles. The van der Waals surface area contributed by atoms with Gasteiger partial charge in [0.25, 0.3) is 0 Å². The molecule has 5 heteroatoms. The first-order chi connectivity index (χ1) is 9.49. The second kappa shape index (κ2) is 6.29. The van der Waals surface area contributed by atoms with E-state index in [4.69, 9.17) is 4.52 Å². The van der Waals surface area contributed by atoms with Crippen molar-refractivity contribution in [2.24, 2.45) is 5.92 Å². The first-order valence-electron chi connectivity index (χ1n) is 7.45. The van der Waals surface area contributed by atoms with Gasteiger partial charge in [0.2, 0.25) is 0 Å². The number of amides is 2. The Morgan fingerprint density at radius 2 is 2.20 bits per heavy atom. The van der Waals surface area contributed by atoms with Gasteiger partial charge >= 0.3 is 6.03 Å². The van der Waals surface area contributed by atoms with Crippen LogP contribution in [0.2, 0.25) is 0 Å². The molecule has 0 spiro atoms. The van der Waals surface area contributed by atoms with Crippen LogP contribution in [0.1, 0.15) is 43.7 Å². The first kappa shape index (κ1) is 14.9. The van der Waals surface area contributed by atoms with Crippen LogP contribution < -0.4 is 5.32 Å². The quantitative estimate of drug-likeness (QED) is 0.925. The van der Waals surface area contributed by atoms with Crippen molar-refractivity contribution in [3.63, 3.8) is 0 Å². The Balaban J connectivity index is 1.81. The van der Waals surface area contributed by atoms with Crippen molar-refractivity contribution in [3.8, 4) is 0 Å². The van der Waals surface area contributed by atoms with Crippen LogP contribution in [0.5, 0.6) is 0 Å². The maximum absolute atomic E-state index is 12.2. The van der Waals surface area contributed by atoms with Crippen molar-refractivity contribution >= 4 is 6.03 Å². The third kappa shape index (κ3) is 3.32. The Morgan fingerprint density at radius 1 is 1.45 bits per heavy atom. The Hall–Kier alpha value is -1.52. The van der Waals surface area contributed by atoms with Gasteiger partial charge in [0, 0.05) is 24.7 Å². The summed E-state index contributed by atoms with van der Waals surface area (Å²) in [5.41, 5.74) is 2.02. The molecule has 0 bridgehead atoms. The van der Waals surface area contributed by atoms with E-state index in [9.17, 15) is 4.79 Å². The first-order valence-corrected chi connectivity index (χ1v) is 7.45. The molecular weight excluding hydrogens is 254 g/mol. The van der Waals surface area contributed by atoms with E-state index in [-0.39, 0.29) is 6.03 Å². The molecule has 1 fully saturated rings. The summed E-state index contributed by atoms with van der Waals surface area (Å²) in [5, 5.41) is 6.93. The number of aromatic nitrogens is 1. The Kier molecular flexibility index (Phi) is 4.68. The molecule has 0 radical (unpaired) electrons. The van der Waals surface area contributed by atoms with Crippen LogP contribution in [0.15, 0.2) is 4.52 Å². The molecule has 2 atom stereocenters. The number of urea groups is 1. The predicted octanol–water partition coefficient (Wildman–Crippen LogP) is 2.66. The molecule has 0 aliphatic carbocycles. The molecule has 5 nitrogen and oxygen atoms in total. The summed E-state index contributed by atoms with van der Waals surface area (Å²) in [7, 11) is 0. The summed E-state index contributed by atoms with van der Waals surface area (Å²) in [6, 6.07) is 0.383. The average molecular weight is 279 g/mol. The maximum Gasteiger partial charge on any atom is 0.317 e. The predicted molar refractivity (Wildman–Crippen MR) is 77.6 cm³/mol. The zero-order valence-corrected chi connectivity index (χ0v) is 12.9. The maximum atomic E-state index is 12.2. The lowest BCUT2D eigenvalue weighted by atomic mass is 9.94. The van der Waals surface area contributed by atoms with Crippen LogP contribution in [0, 0.1) is 19.8 Å². The minimum Gasteiger partial charge on any atom is -0.361 e. The highest BCUT2D eigenvalue weighted by atomic mass is 16.5. The fourth-order valence-electron chi connectivity index (χ4n) is 2.96. The van der Waals surface area contributed by atoms with Gasteiger partial charge in [0.05, 0.1) is 5.69 Å². The standard InChI is InChI=1S/C15H25N3O2/c1-10-6-8-18(11(2)9-10)15(19)16-7-5-14-12(3)17-20-13(14)4/h10-11H,5-9H2,1-4H3,(H,16,19). The number of hydrogen-bond donors (Lipinski definition) is 1. The zero-order chi connectivity index (χ0) is 14.7. The summed E-state index contributed by atoms with van der Waals surface area (Å²) < 4.78 is 5.12. The third-order valence-corrected chi connectivity index (χ3v) is 4.23. The topological polar surface area (TPSA) is 58.4 Å². The van der Waals surface area contributed by atoms with Gasteiger partial charge in [-0.25, -0.2) is 4.79 Å². The number of nitrogens with one attached hydrogen (secondary N) is 1. The monoisotopic (exact) mass is 279 g/mol. The number of carbonyl (C=O) groups excluding carboxylic acids is 1. The van der Waals surface area contributed by atoms with Crippen LogP contribution >= 0.6 is 0 Å². The minimum absolute atomic E-state index is 0.0520. The van der Waals surface area contributed by atoms with E-state index in [1.54, 1.807) is 0 Å². The van der Waals surface area contributed by atoms with Crippen molar-refractivity contribution in [2.45, 2.75) is 53.0 Å². The summed E-state index contributed by atoms with van der Waals surface area (Å²) in [6.45, 7) is 9.71. The van der Waals surface area contributed by atoms with Crippen molar-refractivity contribution in [3.05, 3.63) is 17.0 Å². The molecular formula is C15H25N3O2. The molecule has 112 valence electrons. The van der Waals surface area contributed by atoms with Gasteiger partial charge < -0.3 is 14.7 Å². The van der Waals surface area contributed by atoms with Crippen molar-refractivity contribution in [1.29, 1.82) is 0 Å². The minimum atomic E-state index is 0.0520. The fourth-order valence-corrected chi connectivity index (χ4v) is 2.96. The third-order valence-electron chi connectivity index (χ3n) is 4.23. The summed E-state index contributed by atoms with van der Waals surface area (Å²) in [4.78, 5) is 14.1. The summed E-state index contributed by atoms with van der Waals surface area (Å²) in [5.74, 6) is 1.56. The van der Waals surface area contributed by atoms with Crippen LogP contribution in [0.4, 0.5) is 4.79 Å².